The van der Waals surface area contributed by atoms with Gasteiger partial charge in [-0.25, -0.2) is 0 Å². The average Bonchev–Trinajstić information content (AvgIpc) is 2.28. The van der Waals surface area contributed by atoms with E-state index in [9.17, 15) is 0 Å². The fourth-order valence-electron chi connectivity index (χ4n) is 2.40. The van der Waals surface area contributed by atoms with E-state index >= 15 is 0 Å². The summed E-state index contributed by atoms with van der Waals surface area (Å²) >= 11 is 0. The van der Waals surface area contributed by atoms with Crippen molar-refractivity contribution in [2.24, 2.45) is 0 Å². The van der Waals surface area contributed by atoms with Gasteiger partial charge >= 0.3 is 0 Å². The molecule has 1 atom stereocenters. The van der Waals surface area contributed by atoms with Gasteiger partial charge in [-0.15, -0.1) is 0 Å². The highest BCUT2D eigenvalue weighted by Crippen LogP contribution is 2.21. The van der Waals surface area contributed by atoms with Gasteiger partial charge in [0.15, 0.2) is 6.29 Å². The summed E-state index contributed by atoms with van der Waals surface area (Å²) in [7, 11) is 3.43. The molecule has 15 heavy (non-hydrogen) atoms. The summed E-state index contributed by atoms with van der Waals surface area (Å²) in [5.74, 6) is 0. The maximum Gasteiger partial charge on any atom is 0.169 e. The zero-order valence-corrected chi connectivity index (χ0v) is 10.4. The number of hydrogen-bond acceptors (Lipinski definition) is 3. The third-order valence-corrected chi connectivity index (χ3v) is 3.28. The number of methoxy groups -OCH3 is 2. The van der Waals surface area contributed by atoms with Crippen LogP contribution in [0, 0.1) is 0 Å². The van der Waals surface area contributed by atoms with Crippen LogP contribution in [0.4, 0.5) is 0 Å². The Hall–Kier alpha value is -0.120. The minimum Gasteiger partial charge on any atom is -0.355 e. The van der Waals surface area contributed by atoms with Crippen molar-refractivity contribution in [3.63, 3.8) is 0 Å². The Morgan fingerprint density at radius 1 is 1.27 bits per heavy atom. The minimum atomic E-state index is -0.0672. The van der Waals surface area contributed by atoms with Crippen LogP contribution < -0.4 is 0 Å². The summed E-state index contributed by atoms with van der Waals surface area (Å²) in [6.45, 7) is 4.38. The van der Waals surface area contributed by atoms with Crippen LogP contribution in [0.1, 0.15) is 39.0 Å². The lowest BCUT2D eigenvalue weighted by atomic mass is 9.98. The number of piperidine rings is 1. The SMILES string of the molecule is CCCC1CCCCN1CC(OC)OC. The van der Waals surface area contributed by atoms with Crippen LogP contribution in [0.2, 0.25) is 0 Å². The van der Waals surface area contributed by atoms with Crippen molar-refractivity contribution >= 4 is 0 Å². The molecule has 1 unspecified atom stereocenters. The molecule has 0 N–H and O–H groups in total. The summed E-state index contributed by atoms with van der Waals surface area (Å²) in [6, 6.07) is 0.747. The zero-order valence-electron chi connectivity index (χ0n) is 10.4. The van der Waals surface area contributed by atoms with Crippen molar-refractivity contribution in [2.45, 2.75) is 51.4 Å². The molecular weight excluding hydrogens is 190 g/mol. The van der Waals surface area contributed by atoms with Crippen molar-refractivity contribution in [1.82, 2.24) is 4.90 Å². The molecule has 1 rings (SSSR count). The maximum absolute atomic E-state index is 5.26. The predicted octanol–water partition coefficient (Wildman–Crippen LogP) is 2.26. The molecular formula is C12H25NO2. The Morgan fingerprint density at radius 2 is 2.00 bits per heavy atom. The zero-order chi connectivity index (χ0) is 11.1. The van der Waals surface area contributed by atoms with Gasteiger partial charge in [0, 0.05) is 26.8 Å². The van der Waals surface area contributed by atoms with E-state index in [1.165, 1.54) is 38.6 Å². The van der Waals surface area contributed by atoms with E-state index in [2.05, 4.69) is 11.8 Å². The molecule has 0 bridgehead atoms. The maximum atomic E-state index is 5.26. The van der Waals surface area contributed by atoms with Gasteiger partial charge in [0.25, 0.3) is 0 Å². The quantitative estimate of drug-likeness (QED) is 0.634. The lowest BCUT2D eigenvalue weighted by molar-refractivity contribution is -0.123. The topological polar surface area (TPSA) is 21.7 Å². The van der Waals surface area contributed by atoms with Crippen LogP contribution in [0.3, 0.4) is 0 Å². The van der Waals surface area contributed by atoms with E-state index < -0.39 is 0 Å². The van der Waals surface area contributed by atoms with E-state index in [0.717, 1.165) is 12.6 Å². The third-order valence-electron chi connectivity index (χ3n) is 3.28. The highest BCUT2D eigenvalue weighted by molar-refractivity contribution is 4.77. The fourth-order valence-corrected chi connectivity index (χ4v) is 2.40. The first-order valence-corrected chi connectivity index (χ1v) is 6.11. The van der Waals surface area contributed by atoms with Crippen molar-refractivity contribution < 1.29 is 9.47 Å². The highest BCUT2D eigenvalue weighted by atomic mass is 16.7. The van der Waals surface area contributed by atoms with Gasteiger partial charge in [0.2, 0.25) is 0 Å². The molecule has 1 aliphatic heterocycles. The molecule has 3 nitrogen and oxygen atoms in total. The molecule has 0 radical (unpaired) electrons. The van der Waals surface area contributed by atoms with Crippen molar-refractivity contribution in [2.75, 3.05) is 27.3 Å². The predicted molar refractivity (Wildman–Crippen MR) is 61.9 cm³/mol. The van der Waals surface area contributed by atoms with Crippen LogP contribution >= 0.6 is 0 Å². The molecule has 1 heterocycles. The molecule has 0 spiro atoms. The first kappa shape index (κ1) is 12.9. The summed E-state index contributed by atoms with van der Waals surface area (Å²) in [5, 5.41) is 0. The molecule has 0 aromatic heterocycles. The summed E-state index contributed by atoms with van der Waals surface area (Å²) in [6.07, 6.45) is 6.55. The molecule has 1 fully saturated rings. The summed E-state index contributed by atoms with van der Waals surface area (Å²) in [5.41, 5.74) is 0. The van der Waals surface area contributed by atoms with E-state index in [4.69, 9.17) is 9.47 Å². The third kappa shape index (κ3) is 4.09. The number of nitrogens with zero attached hydrogens (tertiary/aromatic N) is 1. The first-order valence-electron chi connectivity index (χ1n) is 6.11. The second-order valence-electron chi connectivity index (χ2n) is 4.33. The largest absolute Gasteiger partial charge is 0.355 e. The van der Waals surface area contributed by atoms with Crippen molar-refractivity contribution in [3.8, 4) is 0 Å². The Balaban J connectivity index is 2.40. The summed E-state index contributed by atoms with van der Waals surface area (Å²) < 4.78 is 10.5. The number of hydrogen-bond donors (Lipinski definition) is 0. The molecule has 3 heteroatoms. The van der Waals surface area contributed by atoms with Crippen LogP contribution in [-0.2, 0) is 9.47 Å². The average molecular weight is 215 g/mol. The van der Waals surface area contributed by atoms with Crippen molar-refractivity contribution in [3.05, 3.63) is 0 Å². The lowest BCUT2D eigenvalue weighted by Gasteiger charge is -2.37. The molecule has 1 aliphatic rings. The smallest absolute Gasteiger partial charge is 0.169 e. The molecule has 0 aliphatic carbocycles. The second kappa shape index (κ2) is 7.20. The van der Waals surface area contributed by atoms with Gasteiger partial charge in [-0.1, -0.05) is 19.8 Å². The Kier molecular flexibility index (Phi) is 6.22. The Morgan fingerprint density at radius 3 is 2.60 bits per heavy atom. The van der Waals surface area contributed by atoms with Crippen LogP contribution in [0.25, 0.3) is 0 Å². The summed E-state index contributed by atoms with van der Waals surface area (Å²) in [4.78, 5) is 2.53. The van der Waals surface area contributed by atoms with Crippen LogP contribution in [-0.4, -0.2) is 44.5 Å². The second-order valence-corrected chi connectivity index (χ2v) is 4.33. The molecule has 0 aromatic rings. The van der Waals surface area contributed by atoms with E-state index in [1.807, 2.05) is 0 Å². The van der Waals surface area contributed by atoms with Gasteiger partial charge in [0.1, 0.15) is 0 Å². The first-order chi connectivity index (χ1) is 7.31. The van der Waals surface area contributed by atoms with Gasteiger partial charge in [-0.05, 0) is 25.8 Å². The Labute approximate surface area is 93.7 Å². The number of rotatable bonds is 6. The van der Waals surface area contributed by atoms with E-state index in [0.29, 0.717) is 0 Å². The van der Waals surface area contributed by atoms with Crippen LogP contribution in [0.5, 0.6) is 0 Å². The van der Waals surface area contributed by atoms with Gasteiger partial charge in [-0.2, -0.15) is 0 Å². The van der Waals surface area contributed by atoms with Gasteiger partial charge in [-0.3, -0.25) is 4.90 Å². The van der Waals surface area contributed by atoms with Gasteiger partial charge in [0.05, 0.1) is 0 Å². The molecule has 0 saturated carbocycles. The number of ether oxygens (including phenoxy) is 2. The number of likely N-dealkylation sites (tertiary alicyclic amines) is 1. The molecule has 90 valence electrons. The van der Waals surface area contributed by atoms with Gasteiger partial charge < -0.3 is 9.47 Å². The molecule has 1 saturated heterocycles. The molecule has 0 amide bonds. The minimum absolute atomic E-state index is 0.0672. The monoisotopic (exact) mass is 215 g/mol. The van der Waals surface area contributed by atoms with Crippen molar-refractivity contribution in [1.29, 1.82) is 0 Å². The molecule has 0 aromatic carbocycles. The van der Waals surface area contributed by atoms with Crippen LogP contribution in [0.15, 0.2) is 0 Å². The fraction of sp³-hybridized carbons (Fsp3) is 1.00. The van der Waals surface area contributed by atoms with E-state index in [-0.39, 0.29) is 6.29 Å². The van der Waals surface area contributed by atoms with E-state index in [1.54, 1.807) is 14.2 Å². The normalized spacial score (nSPS) is 23.6. The Bertz CT molecular complexity index is 158. The standard InChI is InChI=1S/C12H25NO2/c1-4-7-11-8-5-6-9-13(11)10-12(14-2)15-3/h11-12H,4-10H2,1-3H3. The lowest BCUT2D eigenvalue weighted by Crippen LogP contribution is -2.44. The highest BCUT2D eigenvalue weighted by Gasteiger charge is 2.23.